The number of nitro benzene ring substituents is 1. The Morgan fingerprint density at radius 2 is 2.04 bits per heavy atom. The Morgan fingerprint density at radius 1 is 1.36 bits per heavy atom. The van der Waals surface area contributed by atoms with Gasteiger partial charge >= 0.3 is 5.97 Å². The van der Waals surface area contributed by atoms with Gasteiger partial charge in [-0.1, -0.05) is 12.1 Å². The van der Waals surface area contributed by atoms with Crippen molar-refractivity contribution in [1.82, 2.24) is 4.90 Å². The summed E-state index contributed by atoms with van der Waals surface area (Å²) in [6.45, 7) is 5.61. The molecule has 0 aliphatic carbocycles. The van der Waals surface area contributed by atoms with E-state index in [0.717, 1.165) is 16.0 Å². The first-order valence-electron chi connectivity index (χ1n) is 8.58. The number of thiophene rings is 1. The van der Waals surface area contributed by atoms with Crippen LogP contribution in [0, 0.1) is 24.0 Å². The second kappa shape index (κ2) is 8.94. The Balaban J connectivity index is 2.11. The molecule has 150 valence electrons. The third-order valence-electron chi connectivity index (χ3n) is 4.65. The lowest BCUT2D eigenvalue weighted by atomic mass is 10.1. The number of esters is 1. The first-order valence-corrected chi connectivity index (χ1v) is 9.40. The van der Waals surface area contributed by atoms with Gasteiger partial charge in [0.05, 0.1) is 24.1 Å². The van der Waals surface area contributed by atoms with Gasteiger partial charge in [0.15, 0.2) is 0 Å². The molecule has 0 saturated heterocycles. The summed E-state index contributed by atoms with van der Waals surface area (Å²) in [6, 6.07) is 6.13. The first kappa shape index (κ1) is 21.5. The number of carbonyl (C=O) groups excluding carboxylic acids is 2. The van der Waals surface area contributed by atoms with Crippen LogP contribution in [0.1, 0.15) is 39.3 Å². The summed E-state index contributed by atoms with van der Waals surface area (Å²) in [7, 11) is 3.06. The SMILES string of the molecule is COC(=O)c1c(NC(=O)CN(C)C(C)c2cccc([N+](=O)[O-])c2)sc(C)c1C. The highest BCUT2D eigenvalue weighted by Gasteiger charge is 2.23. The predicted molar refractivity (Wildman–Crippen MR) is 108 cm³/mol. The van der Waals surface area contributed by atoms with Crippen molar-refractivity contribution in [1.29, 1.82) is 0 Å². The number of likely N-dealkylation sites (N-methyl/N-ethyl adjacent to an activating group) is 1. The third kappa shape index (κ3) is 4.73. The number of anilines is 1. The predicted octanol–water partition coefficient (Wildman–Crippen LogP) is 3.69. The molecule has 0 aliphatic rings. The minimum absolute atomic E-state index is 0.00876. The highest BCUT2D eigenvalue weighted by molar-refractivity contribution is 7.16. The van der Waals surface area contributed by atoms with Crippen LogP contribution in [0.3, 0.4) is 0 Å². The lowest BCUT2D eigenvalue weighted by molar-refractivity contribution is -0.384. The summed E-state index contributed by atoms with van der Waals surface area (Å²) in [6.07, 6.45) is 0. The summed E-state index contributed by atoms with van der Waals surface area (Å²) in [5.41, 5.74) is 1.90. The quantitative estimate of drug-likeness (QED) is 0.428. The van der Waals surface area contributed by atoms with Crippen molar-refractivity contribution in [3.63, 3.8) is 0 Å². The molecule has 0 bridgehead atoms. The number of hydrogen-bond donors (Lipinski definition) is 1. The van der Waals surface area contributed by atoms with E-state index in [1.54, 1.807) is 24.1 Å². The molecule has 0 aliphatic heterocycles. The van der Waals surface area contributed by atoms with E-state index in [0.29, 0.717) is 10.6 Å². The van der Waals surface area contributed by atoms with Gasteiger partial charge in [0.25, 0.3) is 5.69 Å². The summed E-state index contributed by atoms with van der Waals surface area (Å²) in [5, 5.41) is 14.2. The van der Waals surface area contributed by atoms with Gasteiger partial charge in [-0.25, -0.2) is 4.79 Å². The summed E-state index contributed by atoms with van der Waals surface area (Å²) >= 11 is 1.32. The Bertz CT molecular complexity index is 909. The van der Waals surface area contributed by atoms with Gasteiger partial charge in [0.2, 0.25) is 5.91 Å². The van der Waals surface area contributed by atoms with E-state index >= 15 is 0 Å². The number of hydrogen-bond acceptors (Lipinski definition) is 7. The zero-order chi connectivity index (χ0) is 21.0. The maximum Gasteiger partial charge on any atom is 0.341 e. The average molecular weight is 405 g/mol. The van der Waals surface area contributed by atoms with E-state index in [-0.39, 0.29) is 24.2 Å². The highest BCUT2D eigenvalue weighted by atomic mass is 32.1. The summed E-state index contributed by atoms with van der Waals surface area (Å²) in [4.78, 5) is 37.7. The Hall–Kier alpha value is -2.78. The lowest BCUT2D eigenvalue weighted by Crippen LogP contribution is -2.32. The van der Waals surface area contributed by atoms with Crippen molar-refractivity contribution >= 4 is 33.9 Å². The first-order chi connectivity index (χ1) is 13.1. The fourth-order valence-corrected chi connectivity index (χ4v) is 3.81. The number of benzene rings is 1. The van der Waals surface area contributed by atoms with Crippen molar-refractivity contribution in [2.75, 3.05) is 26.0 Å². The van der Waals surface area contributed by atoms with Crippen molar-refractivity contribution in [2.45, 2.75) is 26.8 Å². The van der Waals surface area contributed by atoms with Crippen LogP contribution in [0.4, 0.5) is 10.7 Å². The molecule has 0 radical (unpaired) electrons. The maximum atomic E-state index is 12.5. The molecule has 1 aromatic heterocycles. The van der Waals surface area contributed by atoms with Crippen LogP contribution in [-0.2, 0) is 9.53 Å². The van der Waals surface area contributed by atoms with Gasteiger partial charge < -0.3 is 10.1 Å². The van der Waals surface area contributed by atoms with Crippen molar-refractivity contribution in [2.24, 2.45) is 0 Å². The van der Waals surface area contributed by atoms with E-state index in [1.807, 2.05) is 20.8 Å². The molecule has 2 aromatic rings. The molecular formula is C19H23N3O5S. The number of nitro groups is 1. The number of methoxy groups -OCH3 is 1. The third-order valence-corrected chi connectivity index (χ3v) is 5.77. The number of nitrogens with zero attached hydrogens (tertiary/aromatic N) is 2. The van der Waals surface area contributed by atoms with Crippen LogP contribution in [0.25, 0.3) is 0 Å². The van der Waals surface area contributed by atoms with Gasteiger partial charge in [0.1, 0.15) is 5.00 Å². The van der Waals surface area contributed by atoms with Crippen molar-refractivity contribution in [3.05, 3.63) is 55.9 Å². The minimum atomic E-state index is -0.490. The van der Waals surface area contributed by atoms with Gasteiger partial charge in [-0.05, 0) is 38.9 Å². The summed E-state index contributed by atoms with van der Waals surface area (Å²) < 4.78 is 4.81. The van der Waals surface area contributed by atoms with Crippen LogP contribution in [0.2, 0.25) is 0 Å². The highest BCUT2D eigenvalue weighted by Crippen LogP contribution is 2.33. The molecule has 1 heterocycles. The molecule has 0 fully saturated rings. The van der Waals surface area contributed by atoms with Crippen LogP contribution < -0.4 is 5.32 Å². The molecule has 8 nitrogen and oxygen atoms in total. The Kier molecular flexibility index (Phi) is 6.87. The van der Waals surface area contributed by atoms with Crippen LogP contribution in [0.5, 0.6) is 0 Å². The lowest BCUT2D eigenvalue weighted by Gasteiger charge is -2.24. The topological polar surface area (TPSA) is 102 Å². The molecule has 28 heavy (non-hydrogen) atoms. The molecule has 0 saturated carbocycles. The standard InChI is InChI=1S/C19H23N3O5S/c1-11-13(3)28-18(17(11)19(24)27-5)20-16(23)10-21(4)12(2)14-7-6-8-15(9-14)22(25)26/h6-9,12H,10H2,1-5H3,(H,20,23). The van der Waals surface area contributed by atoms with Crippen LogP contribution in [0.15, 0.2) is 24.3 Å². The largest absolute Gasteiger partial charge is 0.465 e. The van der Waals surface area contributed by atoms with Gasteiger partial charge in [-0.15, -0.1) is 11.3 Å². The molecule has 1 N–H and O–H groups in total. The van der Waals surface area contributed by atoms with E-state index in [4.69, 9.17) is 4.74 Å². The average Bonchev–Trinajstić information content (AvgIpc) is 2.93. The molecule has 9 heteroatoms. The zero-order valence-corrected chi connectivity index (χ0v) is 17.3. The monoisotopic (exact) mass is 405 g/mol. The number of nitrogens with one attached hydrogen (secondary N) is 1. The maximum absolute atomic E-state index is 12.5. The number of amides is 1. The Morgan fingerprint density at radius 3 is 2.64 bits per heavy atom. The molecule has 0 spiro atoms. The fourth-order valence-electron chi connectivity index (χ4n) is 2.75. The molecular weight excluding hydrogens is 382 g/mol. The number of aryl methyl sites for hydroxylation is 1. The van der Waals surface area contributed by atoms with Crippen molar-refractivity contribution in [3.8, 4) is 0 Å². The number of rotatable bonds is 7. The van der Waals surface area contributed by atoms with E-state index in [2.05, 4.69) is 5.32 Å². The van der Waals surface area contributed by atoms with Gasteiger partial charge in [-0.3, -0.25) is 19.8 Å². The molecule has 1 aromatic carbocycles. The van der Waals surface area contributed by atoms with Gasteiger partial charge in [0, 0.05) is 23.1 Å². The van der Waals surface area contributed by atoms with E-state index < -0.39 is 10.9 Å². The number of ether oxygens (including phenoxy) is 1. The number of non-ortho nitro benzene ring substituents is 1. The van der Waals surface area contributed by atoms with Crippen molar-refractivity contribution < 1.29 is 19.2 Å². The molecule has 1 amide bonds. The smallest absolute Gasteiger partial charge is 0.341 e. The zero-order valence-electron chi connectivity index (χ0n) is 16.4. The van der Waals surface area contributed by atoms with Crippen LogP contribution >= 0.6 is 11.3 Å². The molecule has 2 rings (SSSR count). The Labute approximate surface area is 167 Å². The second-order valence-electron chi connectivity index (χ2n) is 6.47. The van der Waals surface area contributed by atoms with E-state index in [1.165, 1.54) is 30.6 Å². The minimum Gasteiger partial charge on any atom is -0.465 e. The number of carbonyl (C=O) groups is 2. The van der Waals surface area contributed by atoms with Gasteiger partial charge in [-0.2, -0.15) is 0 Å². The van der Waals surface area contributed by atoms with E-state index in [9.17, 15) is 19.7 Å². The van der Waals surface area contributed by atoms with Crippen LogP contribution in [-0.4, -0.2) is 42.4 Å². The molecule has 1 atom stereocenters. The normalized spacial score (nSPS) is 11.9. The second-order valence-corrected chi connectivity index (χ2v) is 7.70. The fraction of sp³-hybridized carbons (Fsp3) is 0.368. The summed E-state index contributed by atoms with van der Waals surface area (Å²) in [5.74, 6) is -0.776. The molecule has 1 unspecified atom stereocenters.